The van der Waals surface area contributed by atoms with Gasteiger partial charge in [0.15, 0.2) is 0 Å². The van der Waals surface area contributed by atoms with Crippen molar-refractivity contribution in [1.82, 2.24) is 0 Å². The maximum Gasteiger partial charge on any atom is 0.336 e. The third-order valence-corrected chi connectivity index (χ3v) is 3.37. The Hall–Kier alpha value is -0.990. The molecule has 0 amide bonds. The van der Waals surface area contributed by atoms with Gasteiger partial charge in [0.25, 0.3) is 0 Å². The van der Waals surface area contributed by atoms with Crippen LogP contribution in [0.4, 0.5) is 0 Å². The summed E-state index contributed by atoms with van der Waals surface area (Å²) in [4.78, 5) is 0. The molecule has 3 nitrogen and oxygen atoms in total. The summed E-state index contributed by atoms with van der Waals surface area (Å²) in [7, 11) is -3.28. The second kappa shape index (κ2) is 5.79. The maximum absolute atomic E-state index is 12.0. The summed E-state index contributed by atoms with van der Waals surface area (Å²) in [5, 5.41) is 0. The molecule has 0 heterocycles. The van der Waals surface area contributed by atoms with Gasteiger partial charge in [-0.25, -0.2) is 0 Å². The van der Waals surface area contributed by atoms with Gasteiger partial charge in [-0.1, -0.05) is 17.9 Å². The van der Waals surface area contributed by atoms with Crippen molar-refractivity contribution < 1.29 is 13.6 Å². The first-order valence-corrected chi connectivity index (χ1v) is 6.08. The quantitative estimate of drug-likeness (QED) is 0.396. The van der Waals surface area contributed by atoms with Crippen LogP contribution in [0.1, 0.15) is 13.8 Å². The van der Waals surface area contributed by atoms with Gasteiger partial charge in [0.05, 0.1) is 6.16 Å². The van der Waals surface area contributed by atoms with Crippen molar-refractivity contribution in [2.24, 2.45) is 0 Å². The first kappa shape index (κ1) is 14.0. The van der Waals surface area contributed by atoms with Crippen LogP contribution >= 0.6 is 7.60 Å². The molecule has 0 radical (unpaired) electrons. The number of hydrogen-bond acceptors (Lipinski definition) is 3. The van der Waals surface area contributed by atoms with E-state index in [0.29, 0.717) is 0 Å². The Labute approximate surface area is 91.4 Å². The zero-order valence-corrected chi connectivity index (χ0v) is 9.92. The van der Waals surface area contributed by atoms with Crippen LogP contribution in [-0.2, 0) is 13.6 Å². The third-order valence-electron chi connectivity index (χ3n) is 1.41. The topological polar surface area (TPSA) is 35.5 Å². The molecule has 0 bridgehead atoms. The third kappa shape index (κ3) is 5.45. The van der Waals surface area contributed by atoms with Crippen LogP contribution in [0.3, 0.4) is 0 Å². The number of hydrogen-bond donors (Lipinski definition) is 0. The van der Waals surface area contributed by atoms with Gasteiger partial charge in [0, 0.05) is 0 Å². The molecule has 0 aliphatic heterocycles. The van der Waals surface area contributed by atoms with Crippen molar-refractivity contribution in [2.75, 3.05) is 12.8 Å². The fourth-order valence-corrected chi connectivity index (χ4v) is 2.35. The molecule has 0 N–H and O–H groups in total. The maximum atomic E-state index is 12.0. The summed E-state index contributed by atoms with van der Waals surface area (Å²) in [6, 6.07) is 0. The Bertz CT molecular complexity index is 344. The molecule has 1 atom stereocenters. The van der Waals surface area contributed by atoms with Crippen LogP contribution < -0.4 is 0 Å². The molecule has 0 aromatic carbocycles. The van der Waals surface area contributed by atoms with E-state index in [9.17, 15) is 4.57 Å². The highest BCUT2D eigenvalue weighted by Crippen LogP contribution is 2.51. The Kier molecular flexibility index (Phi) is 5.40. The highest BCUT2D eigenvalue weighted by atomic mass is 31.2. The van der Waals surface area contributed by atoms with Gasteiger partial charge in [-0.2, -0.15) is 0 Å². The van der Waals surface area contributed by atoms with Gasteiger partial charge >= 0.3 is 7.60 Å². The van der Waals surface area contributed by atoms with Gasteiger partial charge in [0.1, 0.15) is 12.2 Å². The molecule has 4 heteroatoms. The van der Waals surface area contributed by atoms with Gasteiger partial charge in [0.2, 0.25) is 0 Å². The molecule has 82 valence electrons. The second-order valence-electron chi connectivity index (χ2n) is 3.31. The largest absolute Gasteiger partial charge is 0.336 e. The monoisotopic (exact) mass is 226 g/mol. The van der Waals surface area contributed by atoms with E-state index in [1.165, 1.54) is 6.08 Å². The summed E-state index contributed by atoms with van der Waals surface area (Å²) in [5.74, 6) is 4.60. The van der Waals surface area contributed by atoms with Gasteiger partial charge in [-0.3, -0.25) is 13.6 Å². The molecule has 0 saturated heterocycles. The van der Waals surface area contributed by atoms with Crippen LogP contribution in [0.25, 0.3) is 0 Å². The van der Waals surface area contributed by atoms with Gasteiger partial charge < -0.3 is 0 Å². The summed E-state index contributed by atoms with van der Waals surface area (Å²) < 4.78 is 22.3. The predicted octanol–water partition coefficient (Wildman–Crippen LogP) is 2.44. The average Bonchev–Trinajstić information content (AvgIpc) is 2.14. The van der Waals surface area contributed by atoms with Crippen LogP contribution in [0.2, 0.25) is 0 Å². The molecular formula is C11H15O3P. The van der Waals surface area contributed by atoms with Crippen molar-refractivity contribution in [3.05, 3.63) is 12.7 Å². The van der Waals surface area contributed by atoms with Gasteiger partial charge in [-0.05, 0) is 13.8 Å². The lowest BCUT2D eigenvalue weighted by atomic mass is 10.2. The van der Waals surface area contributed by atoms with Crippen LogP contribution in [0, 0.1) is 24.7 Å². The molecule has 1 unspecified atom stereocenters. The average molecular weight is 226 g/mol. The van der Waals surface area contributed by atoms with E-state index in [2.05, 4.69) is 18.4 Å². The second-order valence-corrected chi connectivity index (χ2v) is 5.33. The van der Waals surface area contributed by atoms with Crippen molar-refractivity contribution in [3.63, 3.8) is 0 Å². The first-order valence-electron chi connectivity index (χ1n) is 4.35. The summed E-state index contributed by atoms with van der Waals surface area (Å²) in [5.41, 5.74) is -0.951. The molecular weight excluding hydrogens is 211 g/mol. The number of allylic oxidation sites excluding steroid dienone is 1. The molecule has 0 aliphatic rings. The van der Waals surface area contributed by atoms with E-state index < -0.39 is 13.2 Å². The van der Waals surface area contributed by atoms with Crippen LogP contribution in [0.5, 0.6) is 0 Å². The molecule has 0 fully saturated rings. The summed E-state index contributed by atoms with van der Waals surface area (Å²) >= 11 is 0. The zero-order valence-electron chi connectivity index (χ0n) is 9.03. The van der Waals surface area contributed by atoms with Crippen LogP contribution in [-0.4, -0.2) is 18.4 Å². The molecule has 0 spiro atoms. The Morgan fingerprint density at radius 1 is 1.53 bits per heavy atom. The molecule has 0 rings (SSSR count). The highest BCUT2D eigenvalue weighted by Gasteiger charge is 2.30. The summed E-state index contributed by atoms with van der Waals surface area (Å²) in [6.45, 7) is 6.65. The van der Waals surface area contributed by atoms with Crippen molar-refractivity contribution >= 4 is 7.60 Å². The highest BCUT2D eigenvalue weighted by molar-refractivity contribution is 7.54. The summed E-state index contributed by atoms with van der Waals surface area (Å²) in [6.07, 6.45) is 11.8. The number of rotatable bonds is 6. The molecule has 15 heavy (non-hydrogen) atoms. The van der Waals surface area contributed by atoms with Gasteiger partial charge in [-0.15, -0.1) is 19.4 Å². The van der Waals surface area contributed by atoms with E-state index in [-0.39, 0.29) is 12.8 Å². The lowest BCUT2D eigenvalue weighted by Crippen LogP contribution is -2.21. The minimum Gasteiger partial charge on any atom is -0.295 e. The Morgan fingerprint density at radius 3 is 2.53 bits per heavy atom. The smallest absolute Gasteiger partial charge is 0.295 e. The van der Waals surface area contributed by atoms with Crippen molar-refractivity contribution in [2.45, 2.75) is 19.4 Å². The zero-order chi connectivity index (χ0) is 11.9. The standard InChI is InChI=1S/C11H15O3P/c1-6-9-13-15(12,10-7-2)14-11(4,5)8-3/h1,3,7H,2,9-10H2,4-5H3. The first-order chi connectivity index (χ1) is 6.89. The normalized spacial score (nSPS) is 14.7. The molecule has 0 saturated carbocycles. The Morgan fingerprint density at radius 2 is 2.13 bits per heavy atom. The van der Waals surface area contributed by atoms with Crippen LogP contribution in [0.15, 0.2) is 12.7 Å². The molecule has 0 aliphatic carbocycles. The fraction of sp³-hybridized carbons (Fsp3) is 0.455. The van der Waals surface area contributed by atoms with E-state index >= 15 is 0 Å². The fourth-order valence-electron chi connectivity index (χ4n) is 0.784. The minimum atomic E-state index is -3.28. The molecule has 0 aromatic rings. The van der Waals surface area contributed by atoms with E-state index in [1.54, 1.807) is 13.8 Å². The predicted molar refractivity (Wildman–Crippen MR) is 61.5 cm³/mol. The molecule has 0 aromatic heterocycles. The lowest BCUT2D eigenvalue weighted by molar-refractivity contribution is 0.133. The van der Waals surface area contributed by atoms with Crippen molar-refractivity contribution in [1.29, 1.82) is 0 Å². The lowest BCUT2D eigenvalue weighted by Gasteiger charge is -2.24. The van der Waals surface area contributed by atoms with E-state index in [0.717, 1.165) is 0 Å². The van der Waals surface area contributed by atoms with Crippen molar-refractivity contribution in [3.8, 4) is 24.7 Å². The van der Waals surface area contributed by atoms with E-state index in [1.807, 2.05) is 0 Å². The Balaban J connectivity index is 4.68. The minimum absolute atomic E-state index is 0.0776. The van der Waals surface area contributed by atoms with E-state index in [4.69, 9.17) is 21.9 Å². The number of terminal acetylenes is 2. The SMILES string of the molecule is C#CCOP(=O)(CC=C)OC(C)(C)C#C.